The molecule has 0 bridgehead atoms. The SMILES string of the molecule is CSc1ccc(CNCc2cscn2)cc1. The Morgan fingerprint density at radius 1 is 1.25 bits per heavy atom. The van der Waals surface area contributed by atoms with Crippen molar-refractivity contribution >= 4 is 23.1 Å². The fourth-order valence-corrected chi connectivity index (χ4v) is 2.37. The second-order valence-electron chi connectivity index (χ2n) is 3.43. The summed E-state index contributed by atoms with van der Waals surface area (Å²) in [5.41, 5.74) is 4.29. The number of rotatable bonds is 5. The molecule has 0 aliphatic heterocycles. The minimum Gasteiger partial charge on any atom is -0.307 e. The van der Waals surface area contributed by atoms with Crippen molar-refractivity contribution < 1.29 is 0 Å². The molecule has 0 radical (unpaired) electrons. The van der Waals surface area contributed by atoms with E-state index in [-0.39, 0.29) is 0 Å². The van der Waals surface area contributed by atoms with Crippen molar-refractivity contribution in [3.05, 3.63) is 46.4 Å². The largest absolute Gasteiger partial charge is 0.307 e. The highest BCUT2D eigenvalue weighted by molar-refractivity contribution is 7.98. The molecular formula is C12H14N2S2. The van der Waals surface area contributed by atoms with Gasteiger partial charge >= 0.3 is 0 Å². The molecule has 0 amide bonds. The minimum atomic E-state index is 0.841. The van der Waals surface area contributed by atoms with Gasteiger partial charge in [-0.05, 0) is 24.0 Å². The van der Waals surface area contributed by atoms with Gasteiger partial charge in [-0.2, -0.15) is 0 Å². The van der Waals surface area contributed by atoms with Crippen LogP contribution in [0.5, 0.6) is 0 Å². The van der Waals surface area contributed by atoms with E-state index < -0.39 is 0 Å². The highest BCUT2D eigenvalue weighted by atomic mass is 32.2. The maximum atomic E-state index is 4.23. The molecule has 0 aliphatic rings. The highest BCUT2D eigenvalue weighted by Crippen LogP contribution is 2.14. The smallest absolute Gasteiger partial charge is 0.0795 e. The zero-order valence-electron chi connectivity index (χ0n) is 9.14. The van der Waals surface area contributed by atoms with E-state index in [9.17, 15) is 0 Å². The van der Waals surface area contributed by atoms with Crippen LogP contribution in [0.3, 0.4) is 0 Å². The first-order valence-corrected chi connectivity index (χ1v) is 7.26. The Bertz CT molecular complexity index is 409. The predicted molar refractivity (Wildman–Crippen MR) is 70.9 cm³/mol. The van der Waals surface area contributed by atoms with E-state index in [4.69, 9.17) is 0 Å². The molecule has 0 spiro atoms. The van der Waals surface area contributed by atoms with Crippen molar-refractivity contribution in [3.63, 3.8) is 0 Å². The molecule has 84 valence electrons. The second-order valence-corrected chi connectivity index (χ2v) is 5.03. The molecule has 0 atom stereocenters. The van der Waals surface area contributed by atoms with Crippen molar-refractivity contribution in [2.45, 2.75) is 18.0 Å². The lowest BCUT2D eigenvalue weighted by molar-refractivity contribution is 0.682. The first-order chi connectivity index (χ1) is 7.88. The maximum absolute atomic E-state index is 4.23. The van der Waals surface area contributed by atoms with Gasteiger partial charge in [-0.1, -0.05) is 12.1 Å². The highest BCUT2D eigenvalue weighted by Gasteiger charge is 1.96. The standard InChI is InChI=1S/C12H14N2S2/c1-15-12-4-2-10(3-5-12)6-13-7-11-8-16-9-14-11/h2-5,8-9,13H,6-7H2,1H3. The number of thioether (sulfide) groups is 1. The molecule has 1 heterocycles. The molecule has 2 aromatic rings. The Morgan fingerprint density at radius 2 is 2.06 bits per heavy atom. The van der Waals surface area contributed by atoms with Crippen molar-refractivity contribution in [3.8, 4) is 0 Å². The van der Waals surface area contributed by atoms with Crippen LogP contribution in [0.2, 0.25) is 0 Å². The molecule has 2 rings (SSSR count). The number of nitrogens with zero attached hydrogens (tertiary/aromatic N) is 1. The van der Waals surface area contributed by atoms with Crippen molar-refractivity contribution in [1.82, 2.24) is 10.3 Å². The van der Waals surface area contributed by atoms with E-state index in [0.29, 0.717) is 0 Å². The van der Waals surface area contributed by atoms with Crippen LogP contribution in [0.15, 0.2) is 40.1 Å². The molecule has 0 saturated heterocycles. The molecule has 2 nitrogen and oxygen atoms in total. The third kappa shape index (κ3) is 3.33. The number of hydrogen-bond donors (Lipinski definition) is 1. The van der Waals surface area contributed by atoms with Crippen LogP contribution < -0.4 is 5.32 Å². The predicted octanol–water partition coefficient (Wildman–Crippen LogP) is 3.15. The molecule has 1 aromatic heterocycles. The van der Waals surface area contributed by atoms with Gasteiger partial charge in [0.05, 0.1) is 11.2 Å². The number of aromatic nitrogens is 1. The number of hydrogen-bond acceptors (Lipinski definition) is 4. The summed E-state index contributed by atoms with van der Waals surface area (Å²) in [6.45, 7) is 1.74. The van der Waals surface area contributed by atoms with Gasteiger partial charge < -0.3 is 5.32 Å². The van der Waals surface area contributed by atoms with E-state index in [1.54, 1.807) is 23.1 Å². The van der Waals surface area contributed by atoms with Gasteiger partial charge in [0, 0.05) is 23.4 Å². The third-order valence-electron chi connectivity index (χ3n) is 2.28. The summed E-state index contributed by atoms with van der Waals surface area (Å²) in [7, 11) is 0. The molecule has 0 aliphatic carbocycles. The lowest BCUT2D eigenvalue weighted by Crippen LogP contribution is -2.12. The van der Waals surface area contributed by atoms with Gasteiger partial charge in [0.25, 0.3) is 0 Å². The van der Waals surface area contributed by atoms with Gasteiger partial charge in [-0.25, -0.2) is 4.98 Å². The average Bonchev–Trinajstić information content (AvgIpc) is 2.83. The van der Waals surface area contributed by atoms with E-state index in [1.807, 2.05) is 5.51 Å². The van der Waals surface area contributed by atoms with Crippen LogP contribution in [-0.4, -0.2) is 11.2 Å². The van der Waals surface area contributed by atoms with Gasteiger partial charge in [-0.3, -0.25) is 0 Å². The fraction of sp³-hybridized carbons (Fsp3) is 0.250. The summed E-state index contributed by atoms with van der Waals surface area (Å²) in [6.07, 6.45) is 2.09. The Kier molecular flexibility index (Phi) is 4.39. The van der Waals surface area contributed by atoms with Crippen LogP contribution in [-0.2, 0) is 13.1 Å². The van der Waals surface area contributed by atoms with E-state index in [1.165, 1.54) is 10.5 Å². The Morgan fingerprint density at radius 3 is 2.69 bits per heavy atom. The lowest BCUT2D eigenvalue weighted by atomic mass is 10.2. The van der Waals surface area contributed by atoms with Crippen LogP contribution >= 0.6 is 23.1 Å². The molecule has 0 unspecified atom stereocenters. The summed E-state index contributed by atoms with van der Waals surface area (Å²) in [6, 6.07) is 8.65. The second kappa shape index (κ2) is 6.03. The molecule has 4 heteroatoms. The van der Waals surface area contributed by atoms with Crippen LogP contribution in [0, 0.1) is 0 Å². The van der Waals surface area contributed by atoms with Crippen LogP contribution in [0.25, 0.3) is 0 Å². The topological polar surface area (TPSA) is 24.9 Å². The van der Waals surface area contributed by atoms with Gasteiger partial charge in [0.2, 0.25) is 0 Å². The van der Waals surface area contributed by atoms with Crippen molar-refractivity contribution in [1.29, 1.82) is 0 Å². The third-order valence-corrected chi connectivity index (χ3v) is 3.66. The molecule has 0 saturated carbocycles. The fourth-order valence-electron chi connectivity index (χ4n) is 1.40. The molecule has 1 N–H and O–H groups in total. The Hall–Kier alpha value is -0.840. The zero-order chi connectivity index (χ0) is 11.2. The summed E-state index contributed by atoms with van der Waals surface area (Å²) in [5, 5.41) is 5.45. The first kappa shape index (κ1) is 11.6. The Labute approximate surface area is 104 Å². The summed E-state index contributed by atoms with van der Waals surface area (Å²) < 4.78 is 0. The monoisotopic (exact) mass is 250 g/mol. The molecule has 1 aromatic carbocycles. The maximum Gasteiger partial charge on any atom is 0.0795 e. The van der Waals surface area contributed by atoms with Crippen LogP contribution in [0.1, 0.15) is 11.3 Å². The summed E-state index contributed by atoms with van der Waals surface area (Å²) in [5.74, 6) is 0. The van der Waals surface area contributed by atoms with Gasteiger partial charge in [0.15, 0.2) is 0 Å². The quantitative estimate of drug-likeness (QED) is 0.825. The summed E-state index contributed by atoms with van der Waals surface area (Å²) in [4.78, 5) is 5.54. The number of nitrogens with one attached hydrogen (secondary N) is 1. The number of thiazole rings is 1. The lowest BCUT2D eigenvalue weighted by Gasteiger charge is -2.03. The van der Waals surface area contributed by atoms with E-state index >= 15 is 0 Å². The molecular weight excluding hydrogens is 236 g/mol. The molecule has 16 heavy (non-hydrogen) atoms. The van der Waals surface area contributed by atoms with E-state index in [2.05, 4.69) is 46.2 Å². The minimum absolute atomic E-state index is 0.841. The van der Waals surface area contributed by atoms with Gasteiger partial charge in [0.1, 0.15) is 0 Å². The zero-order valence-corrected chi connectivity index (χ0v) is 10.8. The van der Waals surface area contributed by atoms with E-state index in [0.717, 1.165) is 18.8 Å². The molecule has 0 fully saturated rings. The van der Waals surface area contributed by atoms with Gasteiger partial charge in [-0.15, -0.1) is 23.1 Å². The van der Waals surface area contributed by atoms with Crippen molar-refractivity contribution in [2.75, 3.05) is 6.26 Å². The first-order valence-electron chi connectivity index (χ1n) is 5.09. The van der Waals surface area contributed by atoms with Crippen molar-refractivity contribution in [2.24, 2.45) is 0 Å². The normalized spacial score (nSPS) is 10.6. The Balaban J connectivity index is 1.81. The number of benzene rings is 1. The average molecular weight is 250 g/mol. The van der Waals surface area contributed by atoms with Crippen LogP contribution in [0.4, 0.5) is 0 Å². The summed E-state index contributed by atoms with van der Waals surface area (Å²) >= 11 is 3.41.